The Kier molecular flexibility index (Phi) is 3.81. The molecule has 3 aromatic rings. The minimum Gasteiger partial charge on any atom is -0.368 e. The van der Waals surface area contributed by atoms with E-state index in [2.05, 4.69) is 18.8 Å². The van der Waals surface area contributed by atoms with Gasteiger partial charge in [0.1, 0.15) is 6.54 Å². The average Bonchev–Trinajstić information content (AvgIpc) is 3.01. The van der Waals surface area contributed by atoms with Crippen molar-refractivity contribution in [2.75, 3.05) is 0 Å². The summed E-state index contributed by atoms with van der Waals surface area (Å²) in [6.45, 7) is 8.37. The molecule has 0 aromatic carbocycles. The van der Waals surface area contributed by atoms with Crippen LogP contribution in [0.1, 0.15) is 25.2 Å². The summed E-state index contributed by atoms with van der Waals surface area (Å²) in [5.41, 5.74) is 6.47. The summed E-state index contributed by atoms with van der Waals surface area (Å²) in [7, 11) is 1.53. The molecule has 9 heteroatoms. The molecule has 0 spiro atoms. The van der Waals surface area contributed by atoms with Crippen LogP contribution in [0.25, 0.3) is 16.9 Å². The van der Waals surface area contributed by atoms with E-state index in [1.807, 2.05) is 18.4 Å². The third kappa shape index (κ3) is 2.38. The number of imidazole rings is 2. The quantitative estimate of drug-likeness (QED) is 0.712. The van der Waals surface area contributed by atoms with Crippen LogP contribution < -0.4 is 17.0 Å². The lowest BCUT2D eigenvalue weighted by molar-refractivity contribution is -0.118. The first-order valence-corrected chi connectivity index (χ1v) is 8.11. The highest BCUT2D eigenvalue weighted by Gasteiger charge is 2.23. The lowest BCUT2D eigenvalue weighted by Crippen LogP contribution is -2.42. The standard InChI is InChI=1S/C16H22N6O3/c1-8(2)6-20-9(3)10(4)22-12-13(18-15(20)22)19(5)16(25)21(14(12)24)7-11(17)23/h8H,6-7H2,1-5H3,(H2,17,23). The maximum absolute atomic E-state index is 12.9. The SMILES string of the molecule is Cc1c(C)n2c3c(=O)n(CC(N)=O)c(=O)n(C)c3nc2n1CC(C)C. The molecule has 3 rings (SSSR count). The summed E-state index contributed by atoms with van der Waals surface area (Å²) in [5, 5.41) is 0. The van der Waals surface area contributed by atoms with Gasteiger partial charge in [0.15, 0.2) is 11.2 Å². The number of fused-ring (bicyclic) bond motifs is 3. The molecule has 9 nitrogen and oxygen atoms in total. The summed E-state index contributed by atoms with van der Waals surface area (Å²) in [6.07, 6.45) is 0. The van der Waals surface area contributed by atoms with Gasteiger partial charge in [0, 0.05) is 25.0 Å². The van der Waals surface area contributed by atoms with E-state index in [1.54, 1.807) is 4.40 Å². The summed E-state index contributed by atoms with van der Waals surface area (Å²) in [4.78, 5) is 41.1. The maximum atomic E-state index is 12.9. The molecule has 0 radical (unpaired) electrons. The molecule has 0 saturated heterocycles. The number of amides is 1. The zero-order valence-corrected chi connectivity index (χ0v) is 15.0. The van der Waals surface area contributed by atoms with E-state index in [0.717, 1.165) is 22.5 Å². The Bertz CT molecular complexity index is 1130. The van der Waals surface area contributed by atoms with Crippen molar-refractivity contribution in [1.82, 2.24) is 23.1 Å². The fourth-order valence-electron chi connectivity index (χ4n) is 3.19. The fourth-order valence-corrected chi connectivity index (χ4v) is 3.19. The number of nitrogens with zero attached hydrogens (tertiary/aromatic N) is 5. The van der Waals surface area contributed by atoms with Crippen LogP contribution in [0.15, 0.2) is 9.59 Å². The van der Waals surface area contributed by atoms with Crippen molar-refractivity contribution in [2.45, 2.75) is 40.8 Å². The first-order chi connectivity index (χ1) is 11.6. The number of nitrogens with two attached hydrogens (primary N) is 1. The predicted octanol–water partition coefficient (Wildman–Crippen LogP) is -0.0925. The van der Waals surface area contributed by atoms with E-state index in [1.165, 1.54) is 11.6 Å². The molecule has 0 saturated carbocycles. The van der Waals surface area contributed by atoms with Gasteiger partial charge in [0.25, 0.3) is 5.56 Å². The Morgan fingerprint density at radius 3 is 2.36 bits per heavy atom. The van der Waals surface area contributed by atoms with Gasteiger partial charge in [-0.1, -0.05) is 13.8 Å². The van der Waals surface area contributed by atoms with Crippen LogP contribution in [-0.2, 0) is 24.9 Å². The van der Waals surface area contributed by atoms with Gasteiger partial charge in [-0.05, 0) is 19.8 Å². The Hall–Kier alpha value is -2.84. The summed E-state index contributed by atoms with van der Waals surface area (Å²) < 4.78 is 5.93. The molecule has 0 fully saturated rings. The van der Waals surface area contributed by atoms with Crippen LogP contribution in [0, 0.1) is 19.8 Å². The van der Waals surface area contributed by atoms with Crippen molar-refractivity contribution in [2.24, 2.45) is 18.7 Å². The third-order valence-electron chi connectivity index (χ3n) is 4.49. The number of hydrogen-bond acceptors (Lipinski definition) is 4. The van der Waals surface area contributed by atoms with Crippen molar-refractivity contribution >= 4 is 22.8 Å². The molecule has 25 heavy (non-hydrogen) atoms. The normalized spacial score (nSPS) is 11.9. The highest BCUT2D eigenvalue weighted by molar-refractivity contribution is 5.77. The number of hydrogen-bond donors (Lipinski definition) is 1. The molecule has 0 aliphatic heterocycles. The second kappa shape index (κ2) is 5.61. The van der Waals surface area contributed by atoms with E-state index in [-0.39, 0.29) is 5.52 Å². The largest absolute Gasteiger partial charge is 0.368 e. The highest BCUT2D eigenvalue weighted by atomic mass is 16.2. The monoisotopic (exact) mass is 346 g/mol. The van der Waals surface area contributed by atoms with Crippen molar-refractivity contribution in [3.8, 4) is 0 Å². The van der Waals surface area contributed by atoms with Crippen LogP contribution in [-0.4, -0.2) is 29.0 Å². The summed E-state index contributed by atoms with van der Waals surface area (Å²) in [5.74, 6) is 0.261. The molecule has 0 atom stereocenters. The fraction of sp³-hybridized carbons (Fsp3) is 0.500. The molecular weight excluding hydrogens is 324 g/mol. The minimum atomic E-state index is -0.746. The van der Waals surface area contributed by atoms with Crippen LogP contribution >= 0.6 is 0 Å². The average molecular weight is 346 g/mol. The van der Waals surface area contributed by atoms with Crippen molar-refractivity contribution in [3.05, 3.63) is 32.2 Å². The second-order valence-electron chi connectivity index (χ2n) is 6.79. The molecule has 0 aliphatic rings. The van der Waals surface area contributed by atoms with Crippen molar-refractivity contribution < 1.29 is 4.79 Å². The molecule has 2 N–H and O–H groups in total. The molecule has 3 heterocycles. The zero-order chi connectivity index (χ0) is 18.6. The topological polar surface area (TPSA) is 109 Å². The zero-order valence-electron chi connectivity index (χ0n) is 15.0. The Balaban J connectivity index is 2.51. The number of rotatable bonds is 4. The smallest absolute Gasteiger partial charge is 0.332 e. The van der Waals surface area contributed by atoms with Gasteiger partial charge < -0.3 is 10.3 Å². The van der Waals surface area contributed by atoms with Gasteiger partial charge in [0.2, 0.25) is 11.7 Å². The molecule has 0 unspecified atom stereocenters. The molecule has 134 valence electrons. The van der Waals surface area contributed by atoms with Gasteiger partial charge in [-0.15, -0.1) is 0 Å². The van der Waals surface area contributed by atoms with Crippen molar-refractivity contribution in [1.29, 1.82) is 0 Å². The molecular formula is C16H22N6O3. The van der Waals surface area contributed by atoms with E-state index < -0.39 is 23.7 Å². The molecule has 1 amide bonds. The molecule has 3 aromatic heterocycles. The van der Waals surface area contributed by atoms with E-state index in [9.17, 15) is 14.4 Å². The number of carbonyl (C=O) groups is 1. The first kappa shape index (κ1) is 17.0. The Morgan fingerprint density at radius 1 is 1.16 bits per heavy atom. The predicted molar refractivity (Wildman–Crippen MR) is 93.7 cm³/mol. The maximum Gasteiger partial charge on any atom is 0.332 e. The number of primary amides is 1. The number of aryl methyl sites for hydroxylation is 2. The van der Waals surface area contributed by atoms with Crippen LogP contribution in [0.2, 0.25) is 0 Å². The Labute approximate surface area is 143 Å². The van der Waals surface area contributed by atoms with Gasteiger partial charge in [-0.2, -0.15) is 4.98 Å². The minimum absolute atomic E-state index is 0.279. The van der Waals surface area contributed by atoms with E-state index in [4.69, 9.17) is 5.73 Å². The van der Waals surface area contributed by atoms with Crippen LogP contribution in [0.3, 0.4) is 0 Å². The van der Waals surface area contributed by atoms with Crippen molar-refractivity contribution in [3.63, 3.8) is 0 Å². The lowest BCUT2D eigenvalue weighted by atomic mass is 10.2. The van der Waals surface area contributed by atoms with Gasteiger partial charge in [0.05, 0.1) is 0 Å². The van der Waals surface area contributed by atoms with Gasteiger partial charge >= 0.3 is 5.69 Å². The third-order valence-corrected chi connectivity index (χ3v) is 4.49. The number of aromatic nitrogens is 5. The lowest BCUT2D eigenvalue weighted by Gasteiger charge is -2.09. The molecule has 0 aliphatic carbocycles. The van der Waals surface area contributed by atoms with Crippen LogP contribution in [0.4, 0.5) is 0 Å². The van der Waals surface area contributed by atoms with Gasteiger partial charge in [-0.3, -0.25) is 18.6 Å². The number of carbonyl (C=O) groups excluding carboxylic acids is 1. The van der Waals surface area contributed by atoms with E-state index in [0.29, 0.717) is 17.3 Å². The van der Waals surface area contributed by atoms with Gasteiger partial charge in [-0.25, -0.2) is 9.36 Å². The second-order valence-corrected chi connectivity index (χ2v) is 6.79. The van der Waals surface area contributed by atoms with Crippen LogP contribution in [0.5, 0.6) is 0 Å². The van der Waals surface area contributed by atoms with E-state index >= 15 is 0 Å². The summed E-state index contributed by atoms with van der Waals surface area (Å²) in [6, 6.07) is 0. The first-order valence-electron chi connectivity index (χ1n) is 8.11. The summed E-state index contributed by atoms with van der Waals surface area (Å²) >= 11 is 0. The Morgan fingerprint density at radius 2 is 1.80 bits per heavy atom. The molecule has 0 bridgehead atoms. The highest BCUT2D eigenvalue weighted by Crippen LogP contribution is 2.21.